The number of ether oxygens (including phenoxy) is 1. The molecule has 4 rings (SSSR count). The van der Waals surface area contributed by atoms with Crippen molar-refractivity contribution in [1.82, 2.24) is 5.32 Å². The van der Waals surface area contributed by atoms with Crippen LogP contribution in [0.4, 0.5) is 5.69 Å². The van der Waals surface area contributed by atoms with Gasteiger partial charge in [0.15, 0.2) is 0 Å². The van der Waals surface area contributed by atoms with E-state index in [1.54, 1.807) is 42.5 Å². The minimum absolute atomic E-state index is 0.115. The summed E-state index contributed by atoms with van der Waals surface area (Å²) in [4.78, 5) is 13.1. The second kappa shape index (κ2) is 12.2. The van der Waals surface area contributed by atoms with Gasteiger partial charge in [-0.15, -0.1) is 0 Å². The normalized spacial score (nSPS) is 11.9. The molecule has 0 aliphatic carbocycles. The van der Waals surface area contributed by atoms with E-state index in [9.17, 15) is 13.2 Å². The van der Waals surface area contributed by atoms with Crippen LogP contribution in [0.5, 0.6) is 11.5 Å². The lowest BCUT2D eigenvalue weighted by Gasteiger charge is -2.25. The predicted molar refractivity (Wildman–Crippen MR) is 146 cm³/mol. The Balaban J connectivity index is 1.50. The Labute approximate surface area is 218 Å². The van der Waals surface area contributed by atoms with Crippen LogP contribution < -0.4 is 14.4 Å². The van der Waals surface area contributed by atoms with Gasteiger partial charge in [0, 0.05) is 6.04 Å². The molecule has 190 valence electrons. The van der Waals surface area contributed by atoms with Crippen LogP contribution in [0, 0.1) is 0 Å². The smallest absolute Gasteiger partial charge is 0.264 e. The van der Waals surface area contributed by atoms with E-state index >= 15 is 0 Å². The molecular formula is C30H30N2O4S. The topological polar surface area (TPSA) is 75.7 Å². The summed E-state index contributed by atoms with van der Waals surface area (Å²) in [6.07, 6.45) is 1.56. The molecule has 0 radical (unpaired) electrons. The largest absolute Gasteiger partial charge is 0.457 e. The molecule has 0 spiro atoms. The van der Waals surface area contributed by atoms with Crippen molar-refractivity contribution < 1.29 is 17.9 Å². The number of benzene rings is 4. The summed E-state index contributed by atoms with van der Waals surface area (Å²) in [7, 11) is -3.98. The Morgan fingerprint density at radius 3 is 1.95 bits per heavy atom. The van der Waals surface area contributed by atoms with Gasteiger partial charge in [0.05, 0.1) is 10.6 Å². The molecule has 37 heavy (non-hydrogen) atoms. The van der Waals surface area contributed by atoms with Gasteiger partial charge < -0.3 is 10.1 Å². The van der Waals surface area contributed by atoms with Crippen LogP contribution >= 0.6 is 0 Å². The van der Waals surface area contributed by atoms with Crippen LogP contribution in [0.3, 0.4) is 0 Å². The molecule has 4 aromatic carbocycles. The third-order valence-electron chi connectivity index (χ3n) is 5.84. The highest BCUT2D eigenvalue weighted by atomic mass is 32.2. The highest BCUT2D eigenvalue weighted by molar-refractivity contribution is 7.92. The molecule has 0 fully saturated rings. The van der Waals surface area contributed by atoms with Gasteiger partial charge in [-0.1, -0.05) is 66.7 Å². The average molecular weight is 515 g/mol. The van der Waals surface area contributed by atoms with Crippen LogP contribution in [0.25, 0.3) is 0 Å². The van der Waals surface area contributed by atoms with E-state index in [0.717, 1.165) is 17.1 Å². The maximum Gasteiger partial charge on any atom is 0.264 e. The van der Waals surface area contributed by atoms with Gasteiger partial charge >= 0.3 is 0 Å². The lowest BCUT2D eigenvalue weighted by atomic mass is 10.1. The minimum Gasteiger partial charge on any atom is -0.457 e. The first kappa shape index (κ1) is 26.0. The molecule has 0 saturated carbocycles. The van der Waals surface area contributed by atoms with Crippen LogP contribution in [-0.4, -0.2) is 26.9 Å². The van der Waals surface area contributed by atoms with E-state index < -0.39 is 10.0 Å². The molecule has 7 heteroatoms. The lowest BCUT2D eigenvalue weighted by Crippen LogP contribution is -2.43. The van der Waals surface area contributed by atoms with Gasteiger partial charge in [0.2, 0.25) is 5.91 Å². The van der Waals surface area contributed by atoms with Gasteiger partial charge in [-0.05, 0) is 73.9 Å². The van der Waals surface area contributed by atoms with E-state index in [-0.39, 0.29) is 23.4 Å². The van der Waals surface area contributed by atoms with Gasteiger partial charge in [-0.25, -0.2) is 8.42 Å². The number of sulfonamides is 1. The number of carbonyl (C=O) groups is 1. The Morgan fingerprint density at radius 1 is 0.784 bits per heavy atom. The van der Waals surface area contributed by atoms with Crippen molar-refractivity contribution in [3.63, 3.8) is 0 Å². The first-order chi connectivity index (χ1) is 17.9. The number of rotatable bonds is 11. The highest BCUT2D eigenvalue weighted by Gasteiger charge is 2.27. The molecule has 1 amide bonds. The van der Waals surface area contributed by atoms with Crippen molar-refractivity contribution >= 4 is 21.6 Å². The SMILES string of the molecule is C[C@@H](CCc1ccccc1)NC(=O)CN(c1ccc(Oc2ccccc2)cc1)S(=O)(=O)c1ccccc1. The molecule has 0 saturated heterocycles. The van der Waals surface area contributed by atoms with E-state index in [2.05, 4.69) is 5.32 Å². The molecule has 6 nitrogen and oxygen atoms in total. The number of amides is 1. The quantitative estimate of drug-likeness (QED) is 0.274. The van der Waals surface area contributed by atoms with Crippen LogP contribution in [0.15, 0.2) is 120 Å². The number of hydrogen-bond donors (Lipinski definition) is 1. The van der Waals surface area contributed by atoms with Crippen molar-refractivity contribution in [3.05, 3.63) is 121 Å². The van der Waals surface area contributed by atoms with Gasteiger partial charge in [0.1, 0.15) is 18.0 Å². The summed E-state index contributed by atoms with van der Waals surface area (Å²) in [5, 5.41) is 2.95. The monoisotopic (exact) mass is 514 g/mol. The Hall–Kier alpha value is -4.10. The molecule has 0 aliphatic rings. The number of nitrogens with one attached hydrogen (secondary N) is 1. The summed E-state index contributed by atoms with van der Waals surface area (Å²) in [6.45, 7) is 1.58. The predicted octanol–water partition coefficient (Wildman–Crippen LogP) is 5.81. The zero-order valence-electron chi connectivity index (χ0n) is 20.7. The second-order valence-electron chi connectivity index (χ2n) is 8.73. The van der Waals surface area contributed by atoms with Crippen molar-refractivity contribution in [3.8, 4) is 11.5 Å². The van der Waals surface area contributed by atoms with E-state index in [4.69, 9.17) is 4.74 Å². The molecule has 0 aromatic heterocycles. The van der Waals surface area contributed by atoms with E-state index in [1.165, 1.54) is 17.7 Å². The van der Waals surface area contributed by atoms with Crippen LogP contribution in [-0.2, 0) is 21.2 Å². The van der Waals surface area contributed by atoms with Crippen molar-refractivity contribution in [2.24, 2.45) is 0 Å². The Bertz CT molecular complexity index is 1380. The molecule has 4 aromatic rings. The summed E-state index contributed by atoms with van der Waals surface area (Å²) in [5.74, 6) is 0.864. The lowest BCUT2D eigenvalue weighted by molar-refractivity contribution is -0.120. The third-order valence-corrected chi connectivity index (χ3v) is 7.63. The number of aryl methyl sites for hydroxylation is 1. The standard InChI is InChI=1S/C30H30N2O4S/c1-24(17-18-25-11-5-2-6-12-25)31-30(33)23-32(37(34,35)29-15-9-4-10-16-29)26-19-21-28(22-20-26)36-27-13-7-3-8-14-27/h2-16,19-22,24H,17-18,23H2,1H3,(H,31,33)/t24-/m0/s1. The van der Waals surface area contributed by atoms with Gasteiger partial charge in [0.25, 0.3) is 10.0 Å². The second-order valence-corrected chi connectivity index (χ2v) is 10.6. The number of anilines is 1. The zero-order chi connectivity index (χ0) is 26.1. The molecule has 0 heterocycles. The van der Waals surface area contributed by atoms with Crippen molar-refractivity contribution in [2.75, 3.05) is 10.8 Å². The van der Waals surface area contributed by atoms with Crippen LogP contribution in [0.2, 0.25) is 0 Å². The van der Waals surface area contributed by atoms with E-state index in [1.807, 2.05) is 67.6 Å². The first-order valence-electron chi connectivity index (χ1n) is 12.2. The van der Waals surface area contributed by atoms with Crippen molar-refractivity contribution in [1.29, 1.82) is 0 Å². The molecular weight excluding hydrogens is 484 g/mol. The fraction of sp³-hybridized carbons (Fsp3) is 0.167. The first-order valence-corrected chi connectivity index (χ1v) is 13.6. The van der Waals surface area contributed by atoms with E-state index in [0.29, 0.717) is 17.2 Å². The van der Waals surface area contributed by atoms with Gasteiger partial charge in [-0.2, -0.15) is 0 Å². The number of hydrogen-bond acceptors (Lipinski definition) is 4. The van der Waals surface area contributed by atoms with Crippen molar-refractivity contribution in [2.45, 2.75) is 30.7 Å². The minimum atomic E-state index is -3.98. The zero-order valence-corrected chi connectivity index (χ0v) is 21.5. The maximum atomic E-state index is 13.6. The third kappa shape index (κ3) is 7.21. The molecule has 0 unspecified atom stereocenters. The Kier molecular flexibility index (Phi) is 8.59. The van der Waals surface area contributed by atoms with Crippen LogP contribution in [0.1, 0.15) is 18.9 Å². The average Bonchev–Trinajstić information content (AvgIpc) is 2.93. The summed E-state index contributed by atoms with van der Waals surface area (Å²) < 4.78 is 34.1. The molecule has 1 atom stereocenters. The summed E-state index contributed by atoms with van der Waals surface area (Å²) in [6, 6.07) is 34.0. The van der Waals surface area contributed by atoms with Gasteiger partial charge in [-0.3, -0.25) is 9.10 Å². The fourth-order valence-corrected chi connectivity index (χ4v) is 5.33. The fourth-order valence-electron chi connectivity index (χ4n) is 3.89. The molecule has 0 bridgehead atoms. The molecule has 1 N–H and O–H groups in total. The summed E-state index contributed by atoms with van der Waals surface area (Å²) in [5.41, 5.74) is 1.56. The Morgan fingerprint density at radius 2 is 1.32 bits per heavy atom. The maximum absolute atomic E-state index is 13.6. The summed E-state index contributed by atoms with van der Waals surface area (Å²) >= 11 is 0. The molecule has 0 aliphatic heterocycles. The number of nitrogens with zero attached hydrogens (tertiary/aromatic N) is 1. The number of para-hydroxylation sites is 1. The number of carbonyl (C=O) groups excluding carboxylic acids is 1. The highest BCUT2D eigenvalue weighted by Crippen LogP contribution is 2.28.